The Morgan fingerprint density at radius 2 is 2.37 bits per heavy atom. The van der Waals surface area contributed by atoms with E-state index in [1.54, 1.807) is 25.4 Å². The second-order valence-electron chi connectivity index (χ2n) is 4.26. The number of benzene rings is 1. The standard InChI is InChI=1S/C13H12ClNO3S/c1-17-7-2-3-10-8(4-7)9(16)5-11(18-10)13-15-6-12(14)19-13/h2-4,6,9,11,16H,5H2,1H3/t9-,11?/m1/s1. The van der Waals surface area contributed by atoms with Gasteiger partial charge in [0.05, 0.1) is 19.4 Å². The van der Waals surface area contributed by atoms with Crippen molar-refractivity contribution in [1.29, 1.82) is 0 Å². The van der Waals surface area contributed by atoms with Gasteiger partial charge in [0.2, 0.25) is 0 Å². The lowest BCUT2D eigenvalue weighted by atomic mass is 9.99. The molecule has 0 spiro atoms. The highest BCUT2D eigenvalue weighted by Crippen LogP contribution is 2.43. The summed E-state index contributed by atoms with van der Waals surface area (Å²) in [5.41, 5.74) is 0.748. The number of rotatable bonds is 2. The molecule has 0 saturated heterocycles. The third kappa shape index (κ3) is 2.41. The SMILES string of the molecule is COc1ccc2c(c1)[C@H](O)CC(c1ncc(Cl)s1)O2. The summed E-state index contributed by atoms with van der Waals surface area (Å²) >= 11 is 7.25. The number of nitrogens with zero attached hydrogens (tertiary/aromatic N) is 1. The lowest BCUT2D eigenvalue weighted by molar-refractivity contribution is 0.0653. The number of hydrogen-bond acceptors (Lipinski definition) is 5. The van der Waals surface area contributed by atoms with Gasteiger partial charge in [-0.15, -0.1) is 11.3 Å². The summed E-state index contributed by atoms with van der Waals surface area (Å²) in [5.74, 6) is 1.37. The first-order chi connectivity index (χ1) is 9.17. The minimum Gasteiger partial charge on any atom is -0.497 e. The van der Waals surface area contributed by atoms with Gasteiger partial charge >= 0.3 is 0 Å². The average molecular weight is 298 g/mol. The first-order valence-corrected chi connectivity index (χ1v) is 7.00. The van der Waals surface area contributed by atoms with Crippen molar-refractivity contribution in [3.63, 3.8) is 0 Å². The Labute approximate surface area is 119 Å². The third-order valence-corrected chi connectivity index (χ3v) is 4.26. The van der Waals surface area contributed by atoms with E-state index < -0.39 is 6.10 Å². The molecule has 4 nitrogen and oxygen atoms in total. The first-order valence-electron chi connectivity index (χ1n) is 5.81. The molecular weight excluding hydrogens is 286 g/mol. The second kappa shape index (κ2) is 5.00. The van der Waals surface area contributed by atoms with Gasteiger partial charge < -0.3 is 14.6 Å². The van der Waals surface area contributed by atoms with Crippen molar-refractivity contribution >= 4 is 22.9 Å². The van der Waals surface area contributed by atoms with E-state index in [1.807, 2.05) is 6.07 Å². The molecule has 1 aliphatic heterocycles. The number of halogens is 1. The summed E-state index contributed by atoms with van der Waals surface area (Å²) in [6, 6.07) is 5.41. The van der Waals surface area contributed by atoms with E-state index in [0.29, 0.717) is 22.3 Å². The fraction of sp³-hybridized carbons (Fsp3) is 0.308. The molecule has 0 bridgehead atoms. The van der Waals surface area contributed by atoms with Crippen LogP contribution in [0.2, 0.25) is 4.34 Å². The van der Waals surface area contributed by atoms with Gasteiger partial charge in [0.25, 0.3) is 0 Å². The van der Waals surface area contributed by atoms with Gasteiger partial charge in [-0.1, -0.05) is 11.6 Å². The average Bonchev–Trinajstić information content (AvgIpc) is 2.85. The molecular formula is C13H12ClNO3S. The number of methoxy groups -OCH3 is 1. The minimum absolute atomic E-state index is 0.256. The van der Waals surface area contributed by atoms with Gasteiger partial charge in [-0.25, -0.2) is 4.98 Å². The number of aliphatic hydroxyl groups excluding tert-OH is 1. The molecule has 0 fully saturated rings. The van der Waals surface area contributed by atoms with E-state index in [9.17, 15) is 5.11 Å². The smallest absolute Gasteiger partial charge is 0.153 e. The van der Waals surface area contributed by atoms with Gasteiger partial charge in [-0.05, 0) is 18.2 Å². The first kappa shape index (κ1) is 12.7. The lowest BCUT2D eigenvalue weighted by Crippen LogP contribution is -2.18. The van der Waals surface area contributed by atoms with E-state index >= 15 is 0 Å². The van der Waals surface area contributed by atoms with Crippen LogP contribution in [-0.2, 0) is 0 Å². The zero-order valence-corrected chi connectivity index (χ0v) is 11.7. The molecule has 6 heteroatoms. The molecule has 1 aromatic carbocycles. The van der Waals surface area contributed by atoms with Gasteiger partial charge in [-0.3, -0.25) is 0 Å². The highest BCUT2D eigenvalue weighted by Gasteiger charge is 2.30. The van der Waals surface area contributed by atoms with Crippen LogP contribution >= 0.6 is 22.9 Å². The molecule has 2 aromatic rings. The Balaban J connectivity index is 1.92. The topological polar surface area (TPSA) is 51.6 Å². The highest BCUT2D eigenvalue weighted by atomic mass is 35.5. The van der Waals surface area contributed by atoms with Crippen LogP contribution in [0.15, 0.2) is 24.4 Å². The molecule has 0 radical (unpaired) electrons. The largest absolute Gasteiger partial charge is 0.497 e. The van der Waals surface area contributed by atoms with Crippen LogP contribution in [0.1, 0.15) is 29.2 Å². The van der Waals surface area contributed by atoms with Crippen LogP contribution < -0.4 is 9.47 Å². The molecule has 1 aromatic heterocycles. The monoisotopic (exact) mass is 297 g/mol. The number of aromatic nitrogens is 1. The van der Waals surface area contributed by atoms with Crippen LogP contribution in [0.3, 0.4) is 0 Å². The summed E-state index contributed by atoms with van der Waals surface area (Å²) in [7, 11) is 1.60. The van der Waals surface area contributed by atoms with Crippen LogP contribution in [0.5, 0.6) is 11.5 Å². The maximum absolute atomic E-state index is 10.2. The van der Waals surface area contributed by atoms with Crippen molar-refractivity contribution in [3.05, 3.63) is 39.3 Å². The molecule has 1 unspecified atom stereocenters. The fourth-order valence-electron chi connectivity index (χ4n) is 2.12. The van der Waals surface area contributed by atoms with Crippen molar-refractivity contribution in [3.8, 4) is 11.5 Å². The minimum atomic E-state index is -0.591. The van der Waals surface area contributed by atoms with Crippen molar-refractivity contribution < 1.29 is 14.6 Å². The molecule has 1 N–H and O–H groups in total. The van der Waals surface area contributed by atoms with E-state index in [0.717, 1.165) is 10.6 Å². The lowest BCUT2D eigenvalue weighted by Gasteiger charge is -2.28. The maximum Gasteiger partial charge on any atom is 0.153 e. The summed E-state index contributed by atoms with van der Waals surface area (Å²) in [5, 5.41) is 11.0. The molecule has 19 heavy (non-hydrogen) atoms. The number of aliphatic hydroxyl groups is 1. The normalized spacial score (nSPS) is 21.6. The molecule has 2 heterocycles. The number of ether oxygens (including phenoxy) is 2. The van der Waals surface area contributed by atoms with E-state index in [1.165, 1.54) is 11.3 Å². The van der Waals surface area contributed by atoms with E-state index in [4.69, 9.17) is 21.1 Å². The van der Waals surface area contributed by atoms with Crippen LogP contribution in [0.4, 0.5) is 0 Å². The predicted molar refractivity (Wildman–Crippen MR) is 73.1 cm³/mol. The number of fused-ring (bicyclic) bond motifs is 1. The Morgan fingerprint density at radius 1 is 1.53 bits per heavy atom. The zero-order chi connectivity index (χ0) is 13.4. The van der Waals surface area contributed by atoms with Crippen LogP contribution in [0.25, 0.3) is 0 Å². The second-order valence-corrected chi connectivity index (χ2v) is 5.96. The van der Waals surface area contributed by atoms with E-state index in [-0.39, 0.29) is 6.10 Å². The van der Waals surface area contributed by atoms with Crippen molar-refractivity contribution in [1.82, 2.24) is 4.98 Å². The molecule has 2 atom stereocenters. The van der Waals surface area contributed by atoms with Crippen LogP contribution in [0, 0.1) is 0 Å². The van der Waals surface area contributed by atoms with Crippen molar-refractivity contribution in [2.75, 3.05) is 7.11 Å². The third-order valence-electron chi connectivity index (χ3n) is 3.05. The van der Waals surface area contributed by atoms with Crippen LogP contribution in [-0.4, -0.2) is 17.2 Å². The van der Waals surface area contributed by atoms with Gasteiger partial charge in [0, 0.05) is 12.0 Å². The number of hydrogen-bond donors (Lipinski definition) is 1. The Kier molecular flexibility index (Phi) is 3.35. The summed E-state index contributed by atoms with van der Waals surface area (Å²) in [4.78, 5) is 4.21. The molecule has 0 saturated carbocycles. The zero-order valence-electron chi connectivity index (χ0n) is 10.2. The summed E-state index contributed by atoms with van der Waals surface area (Å²) in [6.45, 7) is 0. The Hall–Kier alpha value is -1.30. The van der Waals surface area contributed by atoms with Crippen molar-refractivity contribution in [2.24, 2.45) is 0 Å². The summed E-state index contributed by atoms with van der Waals surface area (Å²) in [6.07, 6.45) is 1.21. The number of thiazole rings is 1. The molecule has 3 rings (SSSR count). The van der Waals surface area contributed by atoms with Gasteiger partial charge in [-0.2, -0.15) is 0 Å². The highest BCUT2D eigenvalue weighted by molar-refractivity contribution is 7.15. The molecule has 1 aliphatic rings. The Bertz CT molecular complexity index is 601. The van der Waals surface area contributed by atoms with Gasteiger partial charge in [0.1, 0.15) is 20.8 Å². The molecule has 100 valence electrons. The molecule has 0 aliphatic carbocycles. The van der Waals surface area contributed by atoms with Crippen molar-refractivity contribution in [2.45, 2.75) is 18.6 Å². The summed E-state index contributed by atoms with van der Waals surface area (Å²) < 4.78 is 11.6. The predicted octanol–water partition coefficient (Wildman–Crippen LogP) is 3.36. The van der Waals surface area contributed by atoms with E-state index in [2.05, 4.69) is 4.98 Å². The Morgan fingerprint density at radius 3 is 3.05 bits per heavy atom. The quantitative estimate of drug-likeness (QED) is 0.923. The maximum atomic E-state index is 10.2. The molecule has 0 amide bonds. The van der Waals surface area contributed by atoms with Gasteiger partial charge in [0.15, 0.2) is 6.10 Å². The fourth-order valence-corrected chi connectivity index (χ4v) is 3.09.